The van der Waals surface area contributed by atoms with Crippen molar-refractivity contribution in [3.8, 4) is 11.5 Å². The first-order valence-electron chi connectivity index (χ1n) is 10.2. The Labute approximate surface area is 171 Å². The Balaban J connectivity index is 1.31. The second-order valence-corrected chi connectivity index (χ2v) is 7.81. The van der Waals surface area contributed by atoms with E-state index in [-0.39, 0.29) is 18.1 Å². The zero-order valence-electron chi connectivity index (χ0n) is 17.0. The van der Waals surface area contributed by atoms with Crippen molar-refractivity contribution in [2.75, 3.05) is 26.3 Å². The van der Waals surface area contributed by atoms with Crippen LogP contribution in [0.15, 0.2) is 42.5 Å². The summed E-state index contributed by atoms with van der Waals surface area (Å²) in [6, 6.07) is 13.6. The number of nitrogens with one attached hydrogen (secondary N) is 1. The van der Waals surface area contributed by atoms with E-state index in [0.717, 1.165) is 36.7 Å². The Bertz CT molecular complexity index is 842. The van der Waals surface area contributed by atoms with E-state index >= 15 is 0 Å². The van der Waals surface area contributed by atoms with Gasteiger partial charge >= 0.3 is 0 Å². The number of hydrogen-bond acceptors (Lipinski definition) is 5. The van der Waals surface area contributed by atoms with E-state index in [1.54, 1.807) is 0 Å². The molecular weight excluding hydrogens is 368 g/mol. The Morgan fingerprint density at radius 2 is 1.62 bits per heavy atom. The topological polar surface area (TPSA) is 60.0 Å². The van der Waals surface area contributed by atoms with E-state index in [0.29, 0.717) is 25.3 Å². The summed E-state index contributed by atoms with van der Waals surface area (Å²) in [6.07, 6.45) is 0.508. The Morgan fingerprint density at radius 3 is 2.34 bits per heavy atom. The lowest BCUT2D eigenvalue weighted by molar-refractivity contribution is -0.0704. The summed E-state index contributed by atoms with van der Waals surface area (Å²) >= 11 is 0. The van der Waals surface area contributed by atoms with Gasteiger partial charge in [0.2, 0.25) is 0 Å². The van der Waals surface area contributed by atoms with Gasteiger partial charge in [-0.05, 0) is 49.2 Å². The van der Waals surface area contributed by atoms with E-state index < -0.39 is 0 Å². The van der Waals surface area contributed by atoms with E-state index in [4.69, 9.17) is 14.2 Å². The van der Waals surface area contributed by atoms with Crippen LogP contribution in [0.3, 0.4) is 0 Å². The molecule has 29 heavy (non-hydrogen) atoms. The number of nitrogens with zero attached hydrogens (tertiary/aromatic N) is 1. The van der Waals surface area contributed by atoms with Crippen LogP contribution in [-0.4, -0.2) is 49.3 Å². The highest BCUT2D eigenvalue weighted by Crippen LogP contribution is 2.30. The fourth-order valence-corrected chi connectivity index (χ4v) is 3.92. The fraction of sp³-hybridized carbons (Fsp3) is 0.435. The molecule has 2 aromatic carbocycles. The minimum absolute atomic E-state index is 0.0833. The van der Waals surface area contributed by atoms with E-state index in [1.165, 1.54) is 5.56 Å². The summed E-state index contributed by atoms with van der Waals surface area (Å²) in [4.78, 5) is 14.9. The van der Waals surface area contributed by atoms with Gasteiger partial charge < -0.3 is 19.5 Å². The summed E-state index contributed by atoms with van der Waals surface area (Å²) in [6.45, 7) is 8.53. The molecule has 1 amide bonds. The quantitative estimate of drug-likeness (QED) is 0.842. The molecule has 154 valence electrons. The molecule has 2 atom stereocenters. The number of carbonyl (C=O) groups is 1. The third-order valence-corrected chi connectivity index (χ3v) is 5.18. The third-order valence-electron chi connectivity index (χ3n) is 5.18. The highest BCUT2D eigenvalue weighted by molar-refractivity contribution is 5.94. The number of ether oxygens (including phenoxy) is 3. The van der Waals surface area contributed by atoms with Crippen molar-refractivity contribution in [2.24, 2.45) is 0 Å². The number of hydrogen-bond donors (Lipinski definition) is 1. The second kappa shape index (κ2) is 8.84. The van der Waals surface area contributed by atoms with Crippen LogP contribution in [0.2, 0.25) is 0 Å². The van der Waals surface area contributed by atoms with Gasteiger partial charge in [-0.2, -0.15) is 0 Å². The number of carbonyl (C=O) groups excluding carboxylic acids is 1. The first-order chi connectivity index (χ1) is 14.1. The molecular formula is C23H28N2O4. The van der Waals surface area contributed by atoms with E-state index in [9.17, 15) is 4.79 Å². The van der Waals surface area contributed by atoms with Crippen LogP contribution in [-0.2, 0) is 17.8 Å². The van der Waals surface area contributed by atoms with Crippen LogP contribution < -0.4 is 14.8 Å². The molecule has 0 saturated carbocycles. The molecule has 6 nitrogen and oxygen atoms in total. The summed E-state index contributed by atoms with van der Waals surface area (Å²) < 4.78 is 16.9. The second-order valence-electron chi connectivity index (χ2n) is 7.81. The van der Waals surface area contributed by atoms with Crippen molar-refractivity contribution in [3.63, 3.8) is 0 Å². The lowest BCUT2D eigenvalue weighted by Crippen LogP contribution is -2.44. The zero-order valence-corrected chi connectivity index (χ0v) is 17.0. The van der Waals surface area contributed by atoms with Gasteiger partial charge in [0.05, 0.1) is 12.2 Å². The largest absolute Gasteiger partial charge is 0.486 e. The maximum absolute atomic E-state index is 12.5. The molecule has 4 rings (SSSR count). The monoisotopic (exact) mass is 396 g/mol. The van der Waals surface area contributed by atoms with Crippen LogP contribution in [0.25, 0.3) is 0 Å². The molecule has 6 heteroatoms. The smallest absolute Gasteiger partial charge is 0.251 e. The number of amides is 1. The molecule has 2 aliphatic heterocycles. The predicted octanol–water partition coefficient (Wildman–Crippen LogP) is 3.00. The molecule has 1 fully saturated rings. The Hall–Kier alpha value is -2.57. The Morgan fingerprint density at radius 1 is 0.966 bits per heavy atom. The lowest BCUT2D eigenvalue weighted by Gasteiger charge is -2.35. The number of morpholine rings is 1. The molecule has 0 radical (unpaired) electrons. The molecule has 2 unspecified atom stereocenters. The van der Waals surface area contributed by atoms with E-state index in [1.807, 2.05) is 42.5 Å². The average Bonchev–Trinajstić information content (AvgIpc) is 2.71. The van der Waals surface area contributed by atoms with Crippen molar-refractivity contribution >= 4 is 5.91 Å². The van der Waals surface area contributed by atoms with Gasteiger partial charge in [0.1, 0.15) is 13.2 Å². The SMILES string of the molecule is CC1CN(Cc2ccc(C(=O)NCc3ccc4c(c3)OCCO4)cc2)CC(C)O1. The van der Waals surface area contributed by atoms with Crippen LogP contribution in [0.5, 0.6) is 11.5 Å². The highest BCUT2D eigenvalue weighted by atomic mass is 16.6. The highest BCUT2D eigenvalue weighted by Gasteiger charge is 2.22. The number of rotatable bonds is 5. The van der Waals surface area contributed by atoms with Gasteiger partial charge in [0.15, 0.2) is 11.5 Å². The van der Waals surface area contributed by atoms with Crippen molar-refractivity contribution in [2.45, 2.75) is 39.1 Å². The van der Waals surface area contributed by atoms with Gasteiger partial charge in [-0.1, -0.05) is 18.2 Å². The molecule has 2 heterocycles. The molecule has 1 N–H and O–H groups in total. The van der Waals surface area contributed by atoms with Gasteiger partial charge in [-0.25, -0.2) is 0 Å². The predicted molar refractivity (Wildman–Crippen MR) is 110 cm³/mol. The first-order valence-corrected chi connectivity index (χ1v) is 10.2. The van der Waals surface area contributed by atoms with Crippen molar-refractivity contribution in [1.82, 2.24) is 10.2 Å². The van der Waals surface area contributed by atoms with Crippen LogP contribution in [0.4, 0.5) is 0 Å². The van der Waals surface area contributed by atoms with Gasteiger partial charge in [0, 0.05) is 31.7 Å². The maximum Gasteiger partial charge on any atom is 0.251 e. The summed E-state index contributed by atoms with van der Waals surface area (Å²) in [7, 11) is 0. The normalized spacial score (nSPS) is 21.6. The molecule has 0 aromatic heterocycles. The van der Waals surface area contributed by atoms with Crippen LogP contribution in [0.1, 0.15) is 35.3 Å². The third kappa shape index (κ3) is 5.08. The molecule has 0 bridgehead atoms. The zero-order chi connectivity index (χ0) is 20.2. The van der Waals surface area contributed by atoms with Crippen molar-refractivity contribution < 1.29 is 19.0 Å². The molecule has 2 aliphatic rings. The van der Waals surface area contributed by atoms with Gasteiger partial charge in [-0.3, -0.25) is 9.69 Å². The average molecular weight is 396 g/mol. The van der Waals surface area contributed by atoms with Crippen molar-refractivity contribution in [1.29, 1.82) is 0 Å². The first kappa shape index (κ1) is 19.7. The molecule has 1 saturated heterocycles. The molecule has 0 spiro atoms. The summed E-state index contributed by atoms with van der Waals surface area (Å²) in [5.41, 5.74) is 2.85. The number of benzene rings is 2. The minimum Gasteiger partial charge on any atom is -0.486 e. The number of fused-ring (bicyclic) bond motifs is 1. The van der Waals surface area contributed by atoms with Crippen LogP contribution >= 0.6 is 0 Å². The summed E-state index contributed by atoms with van der Waals surface area (Å²) in [5, 5.41) is 2.97. The Kier molecular flexibility index (Phi) is 6.02. The standard InChI is InChI=1S/C23H28N2O4/c1-16-13-25(14-17(2)29-16)15-18-3-6-20(7-4-18)23(26)24-12-19-5-8-21-22(11-19)28-10-9-27-21/h3-8,11,16-17H,9-10,12-15H2,1-2H3,(H,24,26). The molecule has 2 aromatic rings. The molecule has 0 aliphatic carbocycles. The van der Waals surface area contributed by atoms with Gasteiger partial charge in [-0.15, -0.1) is 0 Å². The summed E-state index contributed by atoms with van der Waals surface area (Å²) in [5.74, 6) is 1.41. The van der Waals surface area contributed by atoms with E-state index in [2.05, 4.69) is 24.1 Å². The lowest BCUT2D eigenvalue weighted by atomic mass is 10.1. The minimum atomic E-state index is -0.0833. The van der Waals surface area contributed by atoms with Crippen LogP contribution in [0, 0.1) is 0 Å². The van der Waals surface area contributed by atoms with Crippen molar-refractivity contribution in [3.05, 3.63) is 59.2 Å². The van der Waals surface area contributed by atoms with Gasteiger partial charge in [0.25, 0.3) is 5.91 Å². The maximum atomic E-state index is 12.5. The fourth-order valence-electron chi connectivity index (χ4n) is 3.92.